The molecule has 9 heteroatoms. The van der Waals surface area contributed by atoms with E-state index in [2.05, 4.69) is 16.5 Å². The molecule has 1 heterocycles. The second-order valence-corrected chi connectivity index (χ2v) is 12.3. The highest BCUT2D eigenvalue weighted by Gasteiger charge is 2.21. The molecule has 1 N–H and O–H groups in total. The zero-order chi connectivity index (χ0) is 28.8. The number of thiazole rings is 1. The Bertz CT molecular complexity index is 1360. The average Bonchev–Trinajstić information content (AvgIpc) is 3.21. The molecular formula is C30H38N2O6S. The van der Waals surface area contributed by atoms with Crippen LogP contribution in [0.5, 0.6) is 5.75 Å². The van der Waals surface area contributed by atoms with Gasteiger partial charge in [0.25, 0.3) is 0 Å². The van der Waals surface area contributed by atoms with Crippen molar-refractivity contribution in [3.05, 3.63) is 75.2 Å². The van der Waals surface area contributed by atoms with Crippen LogP contribution >= 0.6 is 11.3 Å². The first-order valence-corrected chi connectivity index (χ1v) is 13.8. The maximum atomic E-state index is 12.3. The smallest absolute Gasteiger partial charge is 0.474 e. The van der Waals surface area contributed by atoms with Crippen LogP contribution in [-0.4, -0.2) is 46.6 Å². The van der Waals surface area contributed by atoms with E-state index in [0.717, 1.165) is 45.4 Å². The number of rotatable bonds is 11. The molecule has 3 rings (SSSR count). The second kappa shape index (κ2) is 12.5. The van der Waals surface area contributed by atoms with Crippen LogP contribution in [-0.2, 0) is 33.5 Å². The Balaban J connectivity index is 1.78. The van der Waals surface area contributed by atoms with Crippen molar-refractivity contribution >= 4 is 34.0 Å². The molecule has 0 spiro atoms. The quantitative estimate of drug-likeness (QED) is 0.134. The number of fused-ring (bicyclic) bond motifs is 1. The van der Waals surface area contributed by atoms with Crippen molar-refractivity contribution in [1.29, 1.82) is 0 Å². The first-order chi connectivity index (χ1) is 18.2. The van der Waals surface area contributed by atoms with Gasteiger partial charge in [0, 0.05) is 19.5 Å². The van der Waals surface area contributed by atoms with E-state index >= 15 is 0 Å². The number of carbonyl (C=O) groups excluding carboxylic acids is 2. The third-order valence-electron chi connectivity index (χ3n) is 5.65. The van der Waals surface area contributed by atoms with Crippen LogP contribution in [0.1, 0.15) is 58.2 Å². The van der Waals surface area contributed by atoms with Gasteiger partial charge < -0.3 is 28.9 Å². The summed E-state index contributed by atoms with van der Waals surface area (Å²) >= 11 is 1.08. The van der Waals surface area contributed by atoms with Crippen molar-refractivity contribution in [3.8, 4) is 5.75 Å². The standard InChI is InChI=1S/C30H38N2O6S/c1-20(37-29(2,3)4)32(17-14-21-8-10-22(11-9-21)16-19-33)18-15-23-12-13-24(25-26(23)39-27(34)31-25)36-28(35)38-30(5,6)7/h8-13,19H,1,14-18H2,2-7H3,(H,31,34). The largest absolute Gasteiger partial charge is 0.514 e. The molecule has 0 saturated heterocycles. The van der Waals surface area contributed by atoms with Gasteiger partial charge in [-0.1, -0.05) is 41.7 Å². The van der Waals surface area contributed by atoms with Gasteiger partial charge in [0.15, 0.2) is 11.6 Å². The van der Waals surface area contributed by atoms with Crippen LogP contribution in [0, 0.1) is 0 Å². The number of carbonyl (C=O) groups is 2. The Hall–Kier alpha value is -3.59. The number of H-pyrrole nitrogens is 1. The van der Waals surface area contributed by atoms with Gasteiger partial charge in [0.05, 0.1) is 4.70 Å². The molecule has 39 heavy (non-hydrogen) atoms. The highest BCUT2D eigenvalue weighted by atomic mass is 32.1. The SMILES string of the molecule is C=C(OC(C)(C)C)N(CCc1ccc(CC=O)cc1)CCc1ccc(OC(=O)OC(C)(C)C)c2[nH]c(=O)sc12. The molecule has 0 aliphatic rings. The van der Waals surface area contributed by atoms with Crippen LogP contribution in [0.4, 0.5) is 4.79 Å². The Kier molecular flexibility index (Phi) is 9.61. The first kappa shape index (κ1) is 30.0. The lowest BCUT2D eigenvalue weighted by Gasteiger charge is -2.32. The topological polar surface area (TPSA) is 97.9 Å². The van der Waals surface area contributed by atoms with E-state index in [4.69, 9.17) is 14.2 Å². The molecule has 2 aromatic carbocycles. The molecule has 0 atom stereocenters. The summed E-state index contributed by atoms with van der Waals surface area (Å²) in [4.78, 5) is 39.9. The third-order valence-corrected chi connectivity index (χ3v) is 6.60. The van der Waals surface area contributed by atoms with Crippen molar-refractivity contribution in [3.63, 3.8) is 0 Å². The number of hydrogen-bond donors (Lipinski definition) is 1. The monoisotopic (exact) mass is 554 g/mol. The number of hydrogen-bond acceptors (Lipinski definition) is 8. The molecule has 8 nitrogen and oxygen atoms in total. The zero-order valence-corrected chi connectivity index (χ0v) is 24.4. The summed E-state index contributed by atoms with van der Waals surface area (Å²) in [5.41, 5.74) is 2.45. The number of aromatic amines is 1. The summed E-state index contributed by atoms with van der Waals surface area (Å²) in [5.74, 6) is 0.820. The van der Waals surface area contributed by atoms with Gasteiger partial charge in [-0.3, -0.25) is 4.79 Å². The van der Waals surface area contributed by atoms with E-state index < -0.39 is 17.4 Å². The van der Waals surface area contributed by atoms with Crippen LogP contribution in [0.3, 0.4) is 0 Å². The molecule has 1 aromatic heterocycles. The lowest BCUT2D eigenvalue weighted by molar-refractivity contribution is -0.107. The van der Waals surface area contributed by atoms with E-state index in [1.165, 1.54) is 0 Å². The maximum absolute atomic E-state index is 12.3. The summed E-state index contributed by atoms with van der Waals surface area (Å²) < 4.78 is 17.5. The zero-order valence-electron chi connectivity index (χ0n) is 23.6. The van der Waals surface area contributed by atoms with E-state index in [-0.39, 0.29) is 10.6 Å². The fraction of sp³-hybridized carbons (Fsp3) is 0.433. The number of aromatic nitrogens is 1. The summed E-state index contributed by atoms with van der Waals surface area (Å²) in [6, 6.07) is 11.6. The third kappa shape index (κ3) is 9.28. The molecular weight excluding hydrogens is 516 g/mol. The number of ether oxygens (including phenoxy) is 3. The van der Waals surface area contributed by atoms with Crippen molar-refractivity contribution in [2.24, 2.45) is 0 Å². The van der Waals surface area contributed by atoms with Gasteiger partial charge in [-0.15, -0.1) is 0 Å². The van der Waals surface area contributed by atoms with Crippen LogP contribution < -0.4 is 9.61 Å². The molecule has 0 aliphatic carbocycles. The highest BCUT2D eigenvalue weighted by Crippen LogP contribution is 2.30. The van der Waals surface area contributed by atoms with Crippen molar-refractivity contribution in [2.75, 3.05) is 13.1 Å². The average molecular weight is 555 g/mol. The van der Waals surface area contributed by atoms with Gasteiger partial charge >= 0.3 is 11.0 Å². The summed E-state index contributed by atoms with van der Waals surface area (Å²) in [5, 5.41) is 0. The molecule has 0 amide bonds. The minimum Gasteiger partial charge on any atom is -0.474 e. The maximum Gasteiger partial charge on any atom is 0.514 e. The molecule has 0 unspecified atom stereocenters. The number of benzene rings is 2. The van der Waals surface area contributed by atoms with E-state index in [1.54, 1.807) is 26.8 Å². The molecule has 0 radical (unpaired) electrons. The molecule has 0 bridgehead atoms. The predicted molar refractivity (Wildman–Crippen MR) is 154 cm³/mol. The minimum atomic E-state index is -0.829. The van der Waals surface area contributed by atoms with Gasteiger partial charge in [0.2, 0.25) is 0 Å². The Labute approximate surface area is 233 Å². The predicted octanol–water partition coefficient (Wildman–Crippen LogP) is 6.02. The normalized spacial score (nSPS) is 11.7. The van der Waals surface area contributed by atoms with Gasteiger partial charge in [-0.05, 0) is 83.7 Å². The summed E-state index contributed by atoms with van der Waals surface area (Å²) in [6.07, 6.45) is 1.86. The molecule has 3 aromatic rings. The molecule has 0 aliphatic heterocycles. The van der Waals surface area contributed by atoms with E-state index in [9.17, 15) is 14.4 Å². The van der Waals surface area contributed by atoms with Gasteiger partial charge in [0.1, 0.15) is 23.0 Å². The second-order valence-electron chi connectivity index (χ2n) is 11.3. The lowest BCUT2D eigenvalue weighted by atomic mass is 10.1. The fourth-order valence-corrected chi connectivity index (χ4v) is 4.84. The van der Waals surface area contributed by atoms with Gasteiger partial charge in [-0.2, -0.15) is 0 Å². The molecule has 210 valence electrons. The lowest BCUT2D eigenvalue weighted by Crippen LogP contribution is -2.32. The Morgan fingerprint density at radius 2 is 1.56 bits per heavy atom. The Morgan fingerprint density at radius 3 is 2.18 bits per heavy atom. The van der Waals surface area contributed by atoms with Crippen LogP contribution in [0.2, 0.25) is 0 Å². The van der Waals surface area contributed by atoms with Crippen LogP contribution in [0.25, 0.3) is 10.2 Å². The Morgan fingerprint density at radius 1 is 0.949 bits per heavy atom. The minimum absolute atomic E-state index is 0.234. The van der Waals surface area contributed by atoms with Crippen molar-refractivity contribution < 1.29 is 23.8 Å². The highest BCUT2D eigenvalue weighted by molar-refractivity contribution is 7.16. The number of nitrogens with zero attached hydrogens (tertiary/aromatic N) is 1. The van der Waals surface area contributed by atoms with Crippen LogP contribution in [0.15, 0.2) is 53.7 Å². The van der Waals surface area contributed by atoms with Gasteiger partial charge in [-0.25, -0.2) is 4.79 Å². The number of nitrogens with one attached hydrogen (secondary N) is 1. The number of aldehydes is 1. The summed E-state index contributed by atoms with van der Waals surface area (Å²) in [6.45, 7) is 16.7. The molecule has 0 fully saturated rings. The fourth-order valence-electron chi connectivity index (χ4n) is 3.94. The summed E-state index contributed by atoms with van der Waals surface area (Å²) in [7, 11) is 0. The first-order valence-electron chi connectivity index (χ1n) is 12.9. The van der Waals surface area contributed by atoms with Crippen molar-refractivity contribution in [1.82, 2.24) is 9.88 Å². The van der Waals surface area contributed by atoms with E-state index in [1.807, 2.05) is 51.1 Å². The van der Waals surface area contributed by atoms with E-state index in [0.29, 0.717) is 37.3 Å². The van der Waals surface area contributed by atoms with Crippen molar-refractivity contribution in [2.45, 2.75) is 72.0 Å². The molecule has 0 saturated carbocycles.